The molecule has 2 aromatic rings. The zero-order valence-corrected chi connectivity index (χ0v) is 12.3. The summed E-state index contributed by atoms with van der Waals surface area (Å²) in [4.78, 5) is 0. The maximum absolute atomic E-state index is 13.3. The van der Waals surface area contributed by atoms with E-state index >= 15 is 0 Å². The molecule has 2 aromatic carbocycles. The first-order valence-corrected chi connectivity index (χ1v) is 6.65. The van der Waals surface area contributed by atoms with Crippen LogP contribution in [-0.2, 0) is 0 Å². The quantitative estimate of drug-likeness (QED) is 0.353. The molecule has 0 unspecified atom stereocenters. The minimum Gasteiger partial charge on any atom is -0.205 e. The van der Waals surface area contributed by atoms with Crippen molar-refractivity contribution in [1.82, 2.24) is 0 Å². The van der Waals surface area contributed by atoms with Gasteiger partial charge in [0, 0.05) is 0 Å². The Kier molecular flexibility index (Phi) is 4.22. The van der Waals surface area contributed by atoms with Crippen molar-refractivity contribution in [3.63, 3.8) is 0 Å². The summed E-state index contributed by atoms with van der Waals surface area (Å²) in [5, 5.41) is 8.13. The molecule has 0 atom stereocenters. The molecular weight excluding hydrogens is 398 g/mol. The van der Waals surface area contributed by atoms with Gasteiger partial charge in [-0.2, -0.15) is 10.2 Å². The van der Waals surface area contributed by atoms with Crippen molar-refractivity contribution in [1.29, 1.82) is 0 Å². The van der Waals surface area contributed by atoms with Crippen LogP contribution in [0.15, 0.2) is 57.2 Å². The number of azo groups is 1. The molecule has 0 bridgehead atoms. The van der Waals surface area contributed by atoms with Gasteiger partial charge in [-0.25, -0.2) is 4.39 Å². The second kappa shape index (κ2) is 5.68. The van der Waals surface area contributed by atoms with E-state index in [1.165, 1.54) is 0 Å². The third-order valence-corrected chi connectivity index (χ3v) is 3.37. The summed E-state index contributed by atoms with van der Waals surface area (Å²) in [6.45, 7) is 0. The van der Waals surface area contributed by atoms with E-state index in [1.54, 1.807) is 12.1 Å². The van der Waals surface area contributed by atoms with Crippen LogP contribution in [0.3, 0.4) is 0 Å². The molecule has 0 heterocycles. The van der Waals surface area contributed by atoms with E-state index in [1.807, 2.05) is 52.9 Å². The lowest BCUT2D eigenvalue weighted by Gasteiger charge is -1.99. The molecule has 0 aliphatic heterocycles. The van der Waals surface area contributed by atoms with Crippen LogP contribution in [0.4, 0.5) is 15.8 Å². The fourth-order valence-corrected chi connectivity index (χ4v) is 2.64. The van der Waals surface area contributed by atoms with E-state index in [0.29, 0.717) is 13.7 Å². The zero-order valence-electron chi connectivity index (χ0n) is 8.57. The number of hydrogen-bond donors (Lipinski definition) is 0. The second-order valence-electron chi connectivity index (χ2n) is 3.26. The van der Waals surface area contributed by atoms with Gasteiger partial charge in [0.05, 0.1) is 19.4 Å². The molecule has 2 nitrogen and oxygen atoms in total. The normalized spacial score (nSPS) is 11.0. The zero-order chi connectivity index (χ0) is 12.3. The third-order valence-electron chi connectivity index (χ3n) is 2.01. The van der Waals surface area contributed by atoms with E-state index < -0.39 is 0 Å². The highest BCUT2D eigenvalue weighted by molar-refractivity contribution is 14.1. The van der Waals surface area contributed by atoms with E-state index in [0.717, 1.165) is 5.69 Å². The molecule has 17 heavy (non-hydrogen) atoms. The third kappa shape index (κ3) is 3.32. The Hall–Kier alpha value is -0.820. The van der Waals surface area contributed by atoms with Gasteiger partial charge in [-0.15, -0.1) is 0 Å². The number of hydrogen-bond acceptors (Lipinski definition) is 2. The highest BCUT2D eigenvalue weighted by atomic mass is 127. The van der Waals surface area contributed by atoms with E-state index in [2.05, 4.69) is 26.2 Å². The van der Waals surface area contributed by atoms with Gasteiger partial charge in [-0.1, -0.05) is 18.2 Å². The lowest BCUT2D eigenvalue weighted by molar-refractivity contribution is 0.613. The fourth-order valence-electron chi connectivity index (χ4n) is 1.21. The Balaban J connectivity index is 2.28. The maximum atomic E-state index is 13.3. The highest BCUT2D eigenvalue weighted by Gasteiger charge is 2.05. The van der Waals surface area contributed by atoms with Crippen molar-refractivity contribution in [2.24, 2.45) is 10.2 Å². The average molecular weight is 405 g/mol. The average Bonchev–Trinajstić information content (AvgIpc) is 2.34. The Bertz CT molecular complexity index is 535. The summed E-state index contributed by atoms with van der Waals surface area (Å²) < 4.78 is 14.3. The molecule has 86 valence electrons. The van der Waals surface area contributed by atoms with Crippen molar-refractivity contribution < 1.29 is 4.39 Å². The van der Waals surface area contributed by atoms with Crippen molar-refractivity contribution >= 4 is 49.9 Å². The predicted molar refractivity (Wildman–Crippen MR) is 77.4 cm³/mol. The van der Waals surface area contributed by atoms with Gasteiger partial charge in [0.15, 0.2) is 5.82 Å². The second-order valence-corrected chi connectivity index (χ2v) is 5.28. The summed E-state index contributed by atoms with van der Waals surface area (Å²) in [6, 6.07) is 12.6. The van der Waals surface area contributed by atoms with E-state index in [4.69, 9.17) is 0 Å². The van der Waals surface area contributed by atoms with Crippen LogP contribution in [0.1, 0.15) is 0 Å². The Morgan fingerprint density at radius 2 is 1.65 bits per heavy atom. The van der Waals surface area contributed by atoms with Crippen LogP contribution in [0.5, 0.6) is 0 Å². The summed E-state index contributed by atoms with van der Waals surface area (Å²) in [7, 11) is 0. The molecule has 0 saturated heterocycles. The number of nitrogens with zero attached hydrogens (tertiary/aromatic N) is 2. The largest absolute Gasteiger partial charge is 0.205 e. The summed E-state index contributed by atoms with van der Waals surface area (Å²) in [5.41, 5.74) is 1.38. The Morgan fingerprint density at radius 1 is 1.00 bits per heavy atom. The summed E-state index contributed by atoms with van der Waals surface area (Å²) >= 11 is 5.06. The first-order chi connectivity index (χ1) is 8.16. The van der Waals surface area contributed by atoms with Gasteiger partial charge >= 0.3 is 0 Å². The Morgan fingerprint density at radius 3 is 2.29 bits per heavy atom. The first kappa shape index (κ1) is 12.6. The smallest absolute Gasteiger partial charge is 0.150 e. The van der Waals surface area contributed by atoms with Gasteiger partial charge in [-0.3, -0.25) is 0 Å². The van der Waals surface area contributed by atoms with Gasteiger partial charge in [-0.05, 0) is 62.8 Å². The molecule has 5 heteroatoms. The minimum absolute atomic E-state index is 0.274. The van der Waals surface area contributed by atoms with Crippen LogP contribution in [0.25, 0.3) is 0 Å². The van der Waals surface area contributed by atoms with E-state index in [-0.39, 0.29) is 5.82 Å². The molecule has 0 radical (unpaired) electrons. The lowest BCUT2D eigenvalue weighted by atomic mass is 10.3. The van der Waals surface area contributed by atoms with Crippen molar-refractivity contribution in [3.8, 4) is 0 Å². The fraction of sp³-hybridized carbons (Fsp3) is 0. The Labute approximate surface area is 120 Å². The number of rotatable bonds is 2. The summed E-state index contributed by atoms with van der Waals surface area (Å²) in [6.07, 6.45) is 0. The molecule has 0 saturated carbocycles. The lowest BCUT2D eigenvalue weighted by Crippen LogP contribution is -1.82. The first-order valence-electron chi connectivity index (χ1n) is 4.78. The molecule has 0 aromatic heterocycles. The molecule has 2 rings (SSSR count). The maximum Gasteiger partial charge on any atom is 0.150 e. The molecule has 0 aliphatic carbocycles. The van der Waals surface area contributed by atoms with Crippen LogP contribution < -0.4 is 0 Å². The van der Waals surface area contributed by atoms with Crippen LogP contribution in [-0.4, -0.2) is 0 Å². The van der Waals surface area contributed by atoms with Gasteiger partial charge in [0.25, 0.3) is 0 Å². The highest BCUT2D eigenvalue weighted by Crippen LogP contribution is 2.28. The van der Waals surface area contributed by atoms with Gasteiger partial charge in [0.2, 0.25) is 0 Å². The van der Waals surface area contributed by atoms with Crippen molar-refractivity contribution in [2.75, 3.05) is 0 Å². The number of halogens is 3. The van der Waals surface area contributed by atoms with Gasteiger partial charge < -0.3 is 0 Å². The van der Waals surface area contributed by atoms with Crippen LogP contribution in [0.2, 0.25) is 0 Å². The van der Waals surface area contributed by atoms with Crippen molar-refractivity contribution in [3.05, 3.63) is 56.3 Å². The predicted octanol–water partition coefficient (Wildman–Crippen LogP) is 5.61. The molecule has 0 N–H and O–H groups in total. The molecule has 0 spiro atoms. The summed E-state index contributed by atoms with van der Waals surface area (Å²) in [5.74, 6) is -0.274. The van der Waals surface area contributed by atoms with Gasteiger partial charge in [0.1, 0.15) is 0 Å². The van der Waals surface area contributed by atoms with Crippen LogP contribution >= 0.6 is 38.5 Å². The molecule has 0 fully saturated rings. The van der Waals surface area contributed by atoms with E-state index in [9.17, 15) is 4.39 Å². The SMILES string of the molecule is Fc1c(Br)cc(N=Nc2ccccc2)cc1I. The minimum atomic E-state index is -0.274. The molecular formula is C12H7BrFIN2. The molecule has 0 aliphatic rings. The monoisotopic (exact) mass is 404 g/mol. The van der Waals surface area contributed by atoms with Crippen LogP contribution in [0, 0.1) is 9.39 Å². The number of benzene rings is 2. The van der Waals surface area contributed by atoms with Crippen molar-refractivity contribution in [2.45, 2.75) is 0 Å². The standard InChI is InChI=1S/C12H7BrFIN2/c13-10-6-9(7-11(15)12(10)14)17-16-8-4-2-1-3-5-8/h1-7H. The molecule has 0 amide bonds. The topological polar surface area (TPSA) is 24.7 Å².